The predicted octanol–water partition coefficient (Wildman–Crippen LogP) is 2.11. The van der Waals surface area contributed by atoms with E-state index in [0.29, 0.717) is 10.7 Å². The summed E-state index contributed by atoms with van der Waals surface area (Å²) in [6.45, 7) is 1.03. The van der Waals surface area contributed by atoms with E-state index in [9.17, 15) is 0 Å². The number of para-hydroxylation sites is 1. The molecule has 0 amide bonds. The molecule has 4 N–H and O–H groups in total. The van der Waals surface area contributed by atoms with Crippen molar-refractivity contribution in [2.75, 3.05) is 24.2 Å². The highest BCUT2D eigenvalue weighted by atomic mass is 35.5. The Hall–Kier alpha value is -0.930. The highest BCUT2D eigenvalue weighted by Gasteiger charge is 2.00. The lowest BCUT2D eigenvalue weighted by Crippen LogP contribution is -2.04. The van der Waals surface area contributed by atoms with E-state index in [0.717, 1.165) is 25.1 Å². The number of hydrogen-bond donors (Lipinski definition) is 3. The Labute approximate surface area is 88.9 Å². The van der Waals surface area contributed by atoms with Crippen LogP contribution in [-0.4, -0.2) is 18.3 Å². The molecule has 0 saturated carbocycles. The molecule has 0 radical (unpaired) electrons. The zero-order chi connectivity index (χ0) is 10.4. The van der Waals surface area contributed by atoms with Crippen LogP contribution in [0.5, 0.6) is 0 Å². The van der Waals surface area contributed by atoms with Crippen molar-refractivity contribution in [3.8, 4) is 0 Å². The lowest BCUT2D eigenvalue weighted by molar-refractivity contribution is 0.286. The van der Waals surface area contributed by atoms with E-state index in [1.54, 1.807) is 6.07 Å². The van der Waals surface area contributed by atoms with Crippen LogP contribution in [0.15, 0.2) is 18.2 Å². The summed E-state index contributed by atoms with van der Waals surface area (Å²) in [6, 6.07) is 5.50. The number of nitrogens with two attached hydrogens (primary N) is 1. The van der Waals surface area contributed by atoms with Crippen LogP contribution in [0.4, 0.5) is 11.4 Å². The van der Waals surface area contributed by atoms with Gasteiger partial charge in [0.15, 0.2) is 0 Å². The molecule has 0 atom stereocenters. The highest BCUT2D eigenvalue weighted by molar-refractivity contribution is 6.33. The molecule has 0 unspecified atom stereocenters. The van der Waals surface area contributed by atoms with Gasteiger partial charge in [0.05, 0.1) is 16.4 Å². The monoisotopic (exact) mass is 214 g/mol. The summed E-state index contributed by atoms with van der Waals surface area (Å²) in [6.07, 6.45) is 1.72. The van der Waals surface area contributed by atoms with Crippen LogP contribution in [0.3, 0.4) is 0 Å². The van der Waals surface area contributed by atoms with Crippen LogP contribution in [0.2, 0.25) is 5.02 Å². The average molecular weight is 215 g/mol. The van der Waals surface area contributed by atoms with E-state index >= 15 is 0 Å². The Bertz CT molecular complexity index is 291. The van der Waals surface area contributed by atoms with Gasteiger partial charge in [0.25, 0.3) is 0 Å². The summed E-state index contributed by atoms with van der Waals surface area (Å²) in [7, 11) is 0. The lowest BCUT2D eigenvalue weighted by Gasteiger charge is -2.09. The van der Waals surface area contributed by atoms with E-state index in [1.807, 2.05) is 12.1 Å². The van der Waals surface area contributed by atoms with Crippen LogP contribution < -0.4 is 11.1 Å². The molecule has 0 aliphatic carbocycles. The summed E-state index contributed by atoms with van der Waals surface area (Å²) >= 11 is 5.85. The number of nitrogen functional groups attached to an aromatic ring is 1. The van der Waals surface area contributed by atoms with Gasteiger partial charge in [-0.1, -0.05) is 17.7 Å². The fourth-order valence-corrected chi connectivity index (χ4v) is 1.33. The molecule has 1 aromatic rings. The zero-order valence-electron chi connectivity index (χ0n) is 7.96. The third-order valence-corrected chi connectivity index (χ3v) is 2.28. The Balaban J connectivity index is 2.46. The number of aliphatic hydroxyl groups is 1. The van der Waals surface area contributed by atoms with Crippen molar-refractivity contribution in [1.82, 2.24) is 0 Å². The molecule has 0 aliphatic rings. The Morgan fingerprint density at radius 3 is 2.86 bits per heavy atom. The molecule has 0 spiro atoms. The number of benzene rings is 1. The van der Waals surface area contributed by atoms with Crippen molar-refractivity contribution in [1.29, 1.82) is 0 Å². The molecular weight excluding hydrogens is 200 g/mol. The highest BCUT2D eigenvalue weighted by Crippen LogP contribution is 2.26. The maximum absolute atomic E-state index is 8.59. The summed E-state index contributed by atoms with van der Waals surface area (Å²) in [5, 5.41) is 12.3. The number of halogens is 1. The third kappa shape index (κ3) is 3.09. The number of anilines is 2. The zero-order valence-corrected chi connectivity index (χ0v) is 8.72. The van der Waals surface area contributed by atoms with E-state index in [-0.39, 0.29) is 6.61 Å². The minimum atomic E-state index is 0.229. The smallest absolute Gasteiger partial charge is 0.0739 e. The maximum atomic E-state index is 8.59. The van der Waals surface area contributed by atoms with Crippen LogP contribution in [0.1, 0.15) is 12.8 Å². The van der Waals surface area contributed by atoms with E-state index in [4.69, 9.17) is 22.4 Å². The first-order chi connectivity index (χ1) is 6.75. The minimum absolute atomic E-state index is 0.229. The molecule has 4 heteroatoms. The summed E-state index contributed by atoms with van der Waals surface area (Å²) in [5.74, 6) is 0. The molecule has 14 heavy (non-hydrogen) atoms. The average Bonchev–Trinajstić information content (AvgIpc) is 2.19. The molecule has 0 aromatic heterocycles. The summed E-state index contributed by atoms with van der Waals surface area (Å²) in [5.41, 5.74) is 7.19. The van der Waals surface area contributed by atoms with E-state index in [1.165, 1.54) is 0 Å². The second-order valence-electron chi connectivity index (χ2n) is 3.06. The number of aliphatic hydroxyl groups excluding tert-OH is 1. The van der Waals surface area contributed by atoms with Crippen molar-refractivity contribution in [2.24, 2.45) is 0 Å². The minimum Gasteiger partial charge on any atom is -0.396 e. The molecule has 1 rings (SSSR count). The summed E-state index contributed by atoms with van der Waals surface area (Å²) in [4.78, 5) is 0. The number of rotatable bonds is 5. The van der Waals surface area contributed by atoms with Crippen molar-refractivity contribution >= 4 is 23.0 Å². The van der Waals surface area contributed by atoms with Crippen LogP contribution in [0, 0.1) is 0 Å². The van der Waals surface area contributed by atoms with Crippen molar-refractivity contribution in [2.45, 2.75) is 12.8 Å². The maximum Gasteiger partial charge on any atom is 0.0739 e. The lowest BCUT2D eigenvalue weighted by atomic mass is 10.2. The van der Waals surface area contributed by atoms with Crippen molar-refractivity contribution in [3.05, 3.63) is 23.2 Å². The third-order valence-electron chi connectivity index (χ3n) is 1.95. The van der Waals surface area contributed by atoms with E-state index in [2.05, 4.69) is 5.32 Å². The first-order valence-corrected chi connectivity index (χ1v) is 5.02. The number of nitrogens with one attached hydrogen (secondary N) is 1. The van der Waals surface area contributed by atoms with Crippen molar-refractivity contribution < 1.29 is 5.11 Å². The molecule has 78 valence electrons. The van der Waals surface area contributed by atoms with Gasteiger partial charge in [-0.25, -0.2) is 0 Å². The Kier molecular flexibility index (Phi) is 4.56. The van der Waals surface area contributed by atoms with Crippen molar-refractivity contribution in [3.63, 3.8) is 0 Å². The van der Waals surface area contributed by atoms with Gasteiger partial charge in [-0.05, 0) is 25.0 Å². The van der Waals surface area contributed by atoms with E-state index < -0.39 is 0 Å². The molecule has 0 aliphatic heterocycles. The SMILES string of the molecule is Nc1c(Cl)cccc1NCCCCO. The van der Waals surface area contributed by atoms with Gasteiger partial charge < -0.3 is 16.2 Å². The fraction of sp³-hybridized carbons (Fsp3) is 0.400. The topological polar surface area (TPSA) is 58.3 Å². The first kappa shape index (κ1) is 11.1. The predicted molar refractivity (Wildman–Crippen MR) is 60.7 cm³/mol. The fourth-order valence-electron chi connectivity index (χ4n) is 1.15. The number of hydrogen-bond acceptors (Lipinski definition) is 3. The van der Waals surface area contributed by atoms with Gasteiger partial charge in [-0.2, -0.15) is 0 Å². The Morgan fingerprint density at radius 1 is 1.36 bits per heavy atom. The second kappa shape index (κ2) is 5.73. The standard InChI is InChI=1S/C10H15ClN2O/c11-8-4-3-5-9(10(8)12)13-6-1-2-7-14/h3-5,13-14H,1-2,6-7,12H2. The summed E-state index contributed by atoms with van der Waals surface area (Å²) < 4.78 is 0. The molecule has 0 heterocycles. The van der Waals surface area contributed by atoms with Crippen LogP contribution >= 0.6 is 11.6 Å². The molecule has 3 nitrogen and oxygen atoms in total. The molecule has 0 saturated heterocycles. The second-order valence-corrected chi connectivity index (χ2v) is 3.47. The van der Waals surface area contributed by atoms with Crippen LogP contribution in [-0.2, 0) is 0 Å². The molecular formula is C10H15ClN2O. The van der Waals surface area contributed by atoms with Gasteiger partial charge in [-0.3, -0.25) is 0 Å². The molecule has 0 bridgehead atoms. The Morgan fingerprint density at radius 2 is 2.14 bits per heavy atom. The number of unbranched alkanes of at least 4 members (excludes halogenated alkanes) is 1. The molecule has 0 fully saturated rings. The van der Waals surface area contributed by atoms with Gasteiger partial charge in [-0.15, -0.1) is 0 Å². The quantitative estimate of drug-likeness (QED) is 0.520. The van der Waals surface area contributed by atoms with Crippen LogP contribution in [0.25, 0.3) is 0 Å². The largest absolute Gasteiger partial charge is 0.396 e. The van der Waals surface area contributed by atoms with Gasteiger partial charge in [0.1, 0.15) is 0 Å². The normalized spacial score (nSPS) is 10.1. The first-order valence-electron chi connectivity index (χ1n) is 4.64. The van der Waals surface area contributed by atoms with Gasteiger partial charge in [0.2, 0.25) is 0 Å². The molecule has 1 aromatic carbocycles. The van der Waals surface area contributed by atoms with Gasteiger partial charge in [0, 0.05) is 13.2 Å². The van der Waals surface area contributed by atoms with Gasteiger partial charge >= 0.3 is 0 Å².